The van der Waals surface area contributed by atoms with Gasteiger partial charge in [-0.2, -0.15) is 0 Å². The second-order valence-electron chi connectivity index (χ2n) is 5.90. The van der Waals surface area contributed by atoms with Gasteiger partial charge in [0, 0.05) is 28.3 Å². The molecule has 23 heavy (non-hydrogen) atoms. The van der Waals surface area contributed by atoms with Crippen LogP contribution in [0, 0.1) is 16.0 Å². The number of hydrogen-bond donors (Lipinski definition) is 1. The number of aliphatic hydroxyl groups excluding tert-OH is 1. The van der Waals surface area contributed by atoms with Gasteiger partial charge in [0.1, 0.15) is 17.6 Å². The minimum atomic E-state index is -0.438. The van der Waals surface area contributed by atoms with E-state index in [1.807, 2.05) is 13.0 Å². The van der Waals surface area contributed by atoms with Crippen LogP contribution >= 0.6 is 12.2 Å². The summed E-state index contributed by atoms with van der Waals surface area (Å²) in [7, 11) is 0. The van der Waals surface area contributed by atoms with Crippen molar-refractivity contribution in [2.75, 3.05) is 0 Å². The Morgan fingerprint density at radius 1 is 1.43 bits per heavy atom. The summed E-state index contributed by atoms with van der Waals surface area (Å²) in [5.74, 6) is 0.685. The van der Waals surface area contributed by atoms with Gasteiger partial charge in [-0.05, 0) is 36.3 Å². The van der Waals surface area contributed by atoms with Crippen molar-refractivity contribution in [1.82, 2.24) is 0 Å². The van der Waals surface area contributed by atoms with Gasteiger partial charge in [0.05, 0.1) is 11.0 Å². The van der Waals surface area contributed by atoms with Crippen LogP contribution in [0.25, 0.3) is 0 Å². The highest BCUT2D eigenvalue weighted by molar-refractivity contribution is 7.80. The standard InChI is InChI=1S/C17H13NO4S/c1-8(23)15-16-11-4-2-9(18(20)21)6-13(11)22-14-7-10(19)3-5-12(14)17(15)16/h2-7,12,14,16,19H,1H3. The monoisotopic (exact) mass is 327 g/mol. The first-order chi connectivity index (χ1) is 11.0. The van der Waals surface area contributed by atoms with E-state index in [4.69, 9.17) is 17.0 Å². The first-order valence-corrected chi connectivity index (χ1v) is 7.67. The van der Waals surface area contributed by atoms with E-state index in [2.05, 4.69) is 0 Å². The average molecular weight is 327 g/mol. The Bertz CT molecular complexity index is 852. The Morgan fingerprint density at radius 2 is 2.22 bits per heavy atom. The van der Waals surface area contributed by atoms with E-state index in [0.717, 1.165) is 16.0 Å². The van der Waals surface area contributed by atoms with E-state index >= 15 is 0 Å². The van der Waals surface area contributed by atoms with Crippen LogP contribution in [0.3, 0.4) is 0 Å². The first-order valence-electron chi connectivity index (χ1n) is 7.26. The number of thiocarbonyl (C=S) groups is 1. The molecule has 1 heterocycles. The number of aliphatic hydroxyl groups is 1. The highest BCUT2D eigenvalue weighted by atomic mass is 32.1. The molecule has 0 saturated carbocycles. The SMILES string of the molecule is CC(=S)C1=C2C1c1ccc([N+](=O)[O-])cc1OC1C=C(O)C=CC21. The minimum Gasteiger partial charge on any atom is -0.508 e. The molecule has 3 atom stereocenters. The predicted octanol–water partition coefficient (Wildman–Crippen LogP) is 3.77. The van der Waals surface area contributed by atoms with E-state index in [1.54, 1.807) is 18.2 Å². The zero-order valence-electron chi connectivity index (χ0n) is 12.2. The molecule has 1 N–H and O–H groups in total. The van der Waals surface area contributed by atoms with Gasteiger partial charge in [-0.1, -0.05) is 18.3 Å². The molecular weight excluding hydrogens is 314 g/mol. The van der Waals surface area contributed by atoms with Gasteiger partial charge in [-0.3, -0.25) is 10.1 Å². The smallest absolute Gasteiger partial charge is 0.273 e. The molecule has 116 valence electrons. The molecule has 4 rings (SSSR count). The van der Waals surface area contributed by atoms with Crippen LogP contribution in [-0.4, -0.2) is 21.0 Å². The molecule has 3 unspecified atom stereocenters. The third kappa shape index (κ3) is 2.09. The van der Waals surface area contributed by atoms with Crippen LogP contribution < -0.4 is 4.74 Å². The normalized spacial score (nSPS) is 27.0. The minimum absolute atomic E-state index is 0.00439. The van der Waals surface area contributed by atoms with Crippen molar-refractivity contribution in [2.45, 2.75) is 18.9 Å². The number of ether oxygens (including phenoxy) is 1. The topological polar surface area (TPSA) is 72.6 Å². The Kier molecular flexibility index (Phi) is 2.93. The zero-order chi connectivity index (χ0) is 16.3. The number of nitrogens with zero attached hydrogens (tertiary/aromatic N) is 1. The lowest BCUT2D eigenvalue weighted by Gasteiger charge is -2.23. The quantitative estimate of drug-likeness (QED) is 0.508. The maximum atomic E-state index is 11.0. The Balaban J connectivity index is 1.86. The van der Waals surface area contributed by atoms with Crippen molar-refractivity contribution in [1.29, 1.82) is 0 Å². The lowest BCUT2D eigenvalue weighted by molar-refractivity contribution is -0.385. The highest BCUT2D eigenvalue weighted by Crippen LogP contribution is 2.59. The molecule has 3 aliphatic rings. The van der Waals surface area contributed by atoms with Gasteiger partial charge in [0.2, 0.25) is 0 Å². The Hall–Kier alpha value is -2.47. The molecule has 5 nitrogen and oxygen atoms in total. The summed E-state index contributed by atoms with van der Waals surface area (Å²) >= 11 is 5.36. The molecule has 0 spiro atoms. The third-order valence-electron chi connectivity index (χ3n) is 4.51. The second kappa shape index (κ2) is 4.76. The average Bonchev–Trinajstić information content (AvgIpc) is 3.23. The number of non-ortho nitro benzene ring substituents is 1. The van der Waals surface area contributed by atoms with Gasteiger partial charge in [-0.15, -0.1) is 0 Å². The van der Waals surface area contributed by atoms with Crippen LogP contribution in [0.2, 0.25) is 0 Å². The molecule has 0 aromatic heterocycles. The number of nitro benzene ring substituents is 1. The summed E-state index contributed by atoms with van der Waals surface area (Å²) < 4.78 is 5.98. The molecule has 0 amide bonds. The molecule has 1 aromatic carbocycles. The number of nitro groups is 1. The largest absolute Gasteiger partial charge is 0.508 e. The third-order valence-corrected chi connectivity index (χ3v) is 4.73. The van der Waals surface area contributed by atoms with Gasteiger partial charge in [0.25, 0.3) is 5.69 Å². The summed E-state index contributed by atoms with van der Waals surface area (Å²) in [6.07, 6.45) is 4.82. The number of hydrogen-bond acceptors (Lipinski definition) is 5. The van der Waals surface area contributed by atoms with Crippen LogP contribution in [0.4, 0.5) is 5.69 Å². The fraction of sp³-hybridized carbons (Fsp3) is 0.235. The second-order valence-corrected chi connectivity index (χ2v) is 6.51. The van der Waals surface area contributed by atoms with Crippen molar-refractivity contribution in [3.63, 3.8) is 0 Å². The Morgan fingerprint density at radius 3 is 2.91 bits per heavy atom. The highest BCUT2D eigenvalue weighted by Gasteiger charge is 2.49. The lowest BCUT2D eigenvalue weighted by Crippen LogP contribution is -2.25. The molecular formula is C17H13NO4S. The van der Waals surface area contributed by atoms with E-state index in [0.29, 0.717) is 5.75 Å². The van der Waals surface area contributed by atoms with E-state index in [-0.39, 0.29) is 29.4 Å². The molecule has 1 aliphatic heterocycles. The summed E-state index contributed by atoms with van der Waals surface area (Å²) in [4.78, 5) is 11.4. The summed E-state index contributed by atoms with van der Waals surface area (Å²) in [6, 6.07) is 4.69. The van der Waals surface area contributed by atoms with Gasteiger partial charge in [-0.25, -0.2) is 0 Å². The lowest BCUT2D eigenvalue weighted by atomic mass is 9.92. The molecule has 0 saturated heterocycles. The van der Waals surface area contributed by atoms with Crippen molar-refractivity contribution < 1.29 is 14.8 Å². The summed E-state index contributed by atoms with van der Waals surface area (Å²) in [6.45, 7) is 1.90. The van der Waals surface area contributed by atoms with E-state index in [9.17, 15) is 15.2 Å². The summed E-state index contributed by atoms with van der Waals surface area (Å²) in [5, 5.41) is 20.8. The number of allylic oxidation sites excluding steroid dienone is 2. The predicted molar refractivity (Wildman–Crippen MR) is 88.9 cm³/mol. The number of rotatable bonds is 2. The van der Waals surface area contributed by atoms with Gasteiger partial charge in [0.15, 0.2) is 0 Å². The van der Waals surface area contributed by atoms with Crippen molar-refractivity contribution >= 4 is 22.8 Å². The fourth-order valence-electron chi connectivity index (χ4n) is 3.49. The van der Waals surface area contributed by atoms with Crippen molar-refractivity contribution in [3.05, 3.63) is 69.0 Å². The molecule has 0 fully saturated rings. The van der Waals surface area contributed by atoms with Crippen LogP contribution in [0.5, 0.6) is 5.75 Å². The van der Waals surface area contributed by atoms with Gasteiger partial charge < -0.3 is 9.84 Å². The fourth-order valence-corrected chi connectivity index (χ4v) is 3.73. The maximum absolute atomic E-state index is 11.0. The molecule has 6 heteroatoms. The maximum Gasteiger partial charge on any atom is 0.273 e. The van der Waals surface area contributed by atoms with E-state index < -0.39 is 4.92 Å². The number of fused-ring (bicyclic) bond motifs is 5. The van der Waals surface area contributed by atoms with Crippen LogP contribution in [0.15, 0.2) is 53.3 Å². The van der Waals surface area contributed by atoms with Gasteiger partial charge >= 0.3 is 0 Å². The summed E-state index contributed by atoms with van der Waals surface area (Å²) in [5.41, 5.74) is 3.20. The zero-order valence-corrected chi connectivity index (χ0v) is 13.0. The molecule has 1 aromatic rings. The van der Waals surface area contributed by atoms with Crippen molar-refractivity contribution in [3.8, 4) is 5.75 Å². The Labute approximate surface area is 137 Å². The molecule has 0 radical (unpaired) electrons. The van der Waals surface area contributed by atoms with Crippen LogP contribution in [-0.2, 0) is 0 Å². The van der Waals surface area contributed by atoms with Crippen molar-refractivity contribution in [2.24, 2.45) is 5.92 Å². The van der Waals surface area contributed by atoms with Crippen LogP contribution in [0.1, 0.15) is 18.4 Å². The molecule has 2 aliphatic carbocycles. The first kappa shape index (κ1) is 14.1. The van der Waals surface area contributed by atoms with E-state index in [1.165, 1.54) is 17.7 Å². The number of benzene rings is 1. The molecule has 0 bridgehead atoms.